The molecule has 0 fully saturated rings. The molecule has 3 aromatic carbocycles. The molecule has 41 heavy (non-hydrogen) atoms. The van der Waals surface area contributed by atoms with Gasteiger partial charge in [0.15, 0.2) is 0 Å². The van der Waals surface area contributed by atoms with Crippen molar-refractivity contribution in [3.63, 3.8) is 0 Å². The van der Waals surface area contributed by atoms with Crippen LogP contribution in [-0.4, -0.2) is 41.7 Å². The summed E-state index contributed by atoms with van der Waals surface area (Å²) in [6.45, 7) is 1.06. The normalized spacial score (nSPS) is 12.2. The molecule has 9 nitrogen and oxygen atoms in total. The number of benzene rings is 3. The molecule has 5 aromatic rings. The summed E-state index contributed by atoms with van der Waals surface area (Å²) in [6.07, 6.45) is 3.75. The predicted molar refractivity (Wildman–Crippen MR) is 152 cm³/mol. The maximum Gasteiger partial charge on any atom is 0.261 e. The SMILES string of the molecule is O=S(=O)(Nc1ccc(CCNCC(O)c2cccnc2)cc1)c1ccc(-c2noc(Cc3ccc(F)cc3)n2)cc1. The molecule has 0 bridgehead atoms. The van der Waals surface area contributed by atoms with Gasteiger partial charge >= 0.3 is 0 Å². The Hall–Kier alpha value is -4.45. The molecule has 0 spiro atoms. The van der Waals surface area contributed by atoms with E-state index in [0.29, 0.717) is 42.5 Å². The lowest BCUT2D eigenvalue weighted by Crippen LogP contribution is -2.23. The van der Waals surface area contributed by atoms with Crippen LogP contribution in [0.15, 0.2) is 107 Å². The highest BCUT2D eigenvalue weighted by atomic mass is 32.2. The number of aromatic nitrogens is 3. The van der Waals surface area contributed by atoms with Crippen molar-refractivity contribution in [3.05, 3.63) is 126 Å². The number of sulfonamides is 1. The van der Waals surface area contributed by atoms with Crippen LogP contribution in [0, 0.1) is 5.82 Å². The predicted octanol–water partition coefficient (Wildman–Crippen LogP) is 4.53. The number of halogens is 1. The summed E-state index contributed by atoms with van der Waals surface area (Å²) in [4.78, 5) is 8.47. The maximum atomic E-state index is 13.1. The van der Waals surface area contributed by atoms with Gasteiger partial charge in [-0.15, -0.1) is 0 Å². The summed E-state index contributed by atoms with van der Waals surface area (Å²) in [5, 5.41) is 17.4. The Kier molecular flexibility index (Phi) is 8.78. The van der Waals surface area contributed by atoms with Crippen molar-refractivity contribution < 1.29 is 22.4 Å². The van der Waals surface area contributed by atoms with E-state index in [-0.39, 0.29) is 10.7 Å². The Labute approximate surface area is 237 Å². The van der Waals surface area contributed by atoms with E-state index in [1.807, 2.05) is 18.2 Å². The minimum Gasteiger partial charge on any atom is -0.387 e. The standard InChI is InChI=1S/C30H28FN5O4S/c31-25-9-3-22(4-10-25)18-29-34-30(35-40-29)23-7-13-27(14-8-23)41(38,39)36-26-11-5-21(6-12-26)15-17-33-20-28(37)24-2-1-16-32-19-24/h1-14,16,19,28,33,36-37H,15,17-18,20H2. The minimum absolute atomic E-state index is 0.0942. The molecule has 0 aliphatic heterocycles. The average Bonchev–Trinajstić information content (AvgIpc) is 3.46. The van der Waals surface area contributed by atoms with Gasteiger partial charge in [0.2, 0.25) is 11.7 Å². The zero-order chi connectivity index (χ0) is 28.7. The number of nitrogens with zero attached hydrogens (tertiary/aromatic N) is 3. The van der Waals surface area contributed by atoms with Crippen molar-refractivity contribution >= 4 is 15.7 Å². The molecule has 0 amide bonds. The number of aliphatic hydroxyl groups excluding tert-OH is 1. The van der Waals surface area contributed by atoms with Crippen LogP contribution >= 0.6 is 0 Å². The van der Waals surface area contributed by atoms with Crippen molar-refractivity contribution in [1.82, 2.24) is 20.4 Å². The van der Waals surface area contributed by atoms with Gasteiger partial charge in [-0.1, -0.05) is 35.5 Å². The Morgan fingerprint density at radius 2 is 1.66 bits per heavy atom. The smallest absolute Gasteiger partial charge is 0.261 e. The maximum absolute atomic E-state index is 13.1. The number of hydrogen-bond donors (Lipinski definition) is 3. The fraction of sp³-hybridized carbons (Fsp3) is 0.167. The molecule has 0 aliphatic rings. The molecule has 2 heterocycles. The van der Waals surface area contributed by atoms with E-state index >= 15 is 0 Å². The molecule has 3 N–H and O–H groups in total. The zero-order valence-corrected chi connectivity index (χ0v) is 22.8. The molecule has 1 unspecified atom stereocenters. The van der Waals surface area contributed by atoms with Gasteiger partial charge in [-0.3, -0.25) is 9.71 Å². The van der Waals surface area contributed by atoms with E-state index in [0.717, 1.165) is 23.1 Å². The Bertz CT molecular complexity index is 1660. The summed E-state index contributed by atoms with van der Waals surface area (Å²) in [5.74, 6) is 0.377. The third-order valence-electron chi connectivity index (χ3n) is 6.36. The summed E-state index contributed by atoms with van der Waals surface area (Å²) >= 11 is 0. The lowest BCUT2D eigenvalue weighted by atomic mass is 10.1. The molecule has 5 rings (SSSR count). The second-order valence-electron chi connectivity index (χ2n) is 9.40. The first kappa shape index (κ1) is 28.1. The molecule has 11 heteroatoms. The second kappa shape index (κ2) is 12.8. The van der Waals surface area contributed by atoms with Crippen molar-refractivity contribution in [3.8, 4) is 11.4 Å². The van der Waals surface area contributed by atoms with Gasteiger partial charge in [-0.05, 0) is 78.7 Å². The van der Waals surface area contributed by atoms with Crippen LogP contribution in [-0.2, 0) is 22.9 Å². The largest absolute Gasteiger partial charge is 0.387 e. The quantitative estimate of drug-likeness (QED) is 0.186. The zero-order valence-electron chi connectivity index (χ0n) is 21.9. The molecule has 0 saturated heterocycles. The highest BCUT2D eigenvalue weighted by Gasteiger charge is 2.16. The first-order valence-electron chi connectivity index (χ1n) is 12.9. The summed E-state index contributed by atoms with van der Waals surface area (Å²) < 4.78 is 46.9. The monoisotopic (exact) mass is 573 g/mol. The number of nitrogens with one attached hydrogen (secondary N) is 2. The van der Waals surface area contributed by atoms with Crippen LogP contribution in [0.3, 0.4) is 0 Å². The Balaban J connectivity index is 1.12. The Morgan fingerprint density at radius 3 is 2.37 bits per heavy atom. The van der Waals surface area contributed by atoms with Gasteiger partial charge in [0.1, 0.15) is 5.82 Å². The van der Waals surface area contributed by atoms with Gasteiger partial charge in [0.25, 0.3) is 10.0 Å². The van der Waals surface area contributed by atoms with Crippen molar-refractivity contribution in [2.45, 2.75) is 23.8 Å². The molecule has 210 valence electrons. The van der Waals surface area contributed by atoms with Crippen LogP contribution in [0.1, 0.15) is 28.7 Å². The van der Waals surface area contributed by atoms with E-state index in [1.54, 1.807) is 54.9 Å². The summed E-state index contributed by atoms with van der Waals surface area (Å²) in [7, 11) is -3.81. The lowest BCUT2D eigenvalue weighted by molar-refractivity contribution is 0.174. The van der Waals surface area contributed by atoms with E-state index < -0.39 is 16.1 Å². The van der Waals surface area contributed by atoms with Crippen molar-refractivity contribution in [2.24, 2.45) is 0 Å². The highest BCUT2D eigenvalue weighted by Crippen LogP contribution is 2.22. The number of aliphatic hydroxyl groups is 1. The van der Waals surface area contributed by atoms with E-state index in [1.165, 1.54) is 24.3 Å². The van der Waals surface area contributed by atoms with Gasteiger partial charge in [-0.25, -0.2) is 12.8 Å². The highest BCUT2D eigenvalue weighted by molar-refractivity contribution is 7.92. The Morgan fingerprint density at radius 1 is 0.927 bits per heavy atom. The average molecular weight is 574 g/mol. The molecule has 2 aromatic heterocycles. The summed E-state index contributed by atoms with van der Waals surface area (Å²) in [6, 6.07) is 23.0. The number of rotatable bonds is 12. The second-order valence-corrected chi connectivity index (χ2v) is 11.1. The molecular weight excluding hydrogens is 545 g/mol. The molecule has 1 atom stereocenters. The van der Waals surface area contributed by atoms with Crippen LogP contribution in [0.2, 0.25) is 0 Å². The van der Waals surface area contributed by atoms with Crippen LogP contribution in [0.4, 0.5) is 10.1 Å². The molecule has 0 saturated carbocycles. The fourth-order valence-electron chi connectivity index (χ4n) is 4.12. The van der Waals surface area contributed by atoms with Crippen LogP contribution in [0.5, 0.6) is 0 Å². The molecule has 0 aliphatic carbocycles. The van der Waals surface area contributed by atoms with Crippen LogP contribution in [0.25, 0.3) is 11.4 Å². The van der Waals surface area contributed by atoms with E-state index in [2.05, 4.69) is 25.2 Å². The van der Waals surface area contributed by atoms with Gasteiger partial charge in [0.05, 0.1) is 17.4 Å². The third kappa shape index (κ3) is 7.60. The third-order valence-corrected chi connectivity index (χ3v) is 7.76. The van der Waals surface area contributed by atoms with Crippen LogP contribution < -0.4 is 10.0 Å². The summed E-state index contributed by atoms with van der Waals surface area (Å²) in [5.41, 5.74) is 3.66. The van der Waals surface area contributed by atoms with E-state index in [9.17, 15) is 17.9 Å². The molecular formula is C30H28FN5O4S. The topological polar surface area (TPSA) is 130 Å². The number of anilines is 1. The van der Waals surface area contributed by atoms with Gasteiger partial charge in [0, 0.05) is 35.8 Å². The molecule has 0 radical (unpaired) electrons. The van der Waals surface area contributed by atoms with Gasteiger partial charge in [-0.2, -0.15) is 4.98 Å². The van der Waals surface area contributed by atoms with Gasteiger partial charge < -0.3 is 14.9 Å². The van der Waals surface area contributed by atoms with Crippen molar-refractivity contribution in [1.29, 1.82) is 0 Å². The lowest BCUT2D eigenvalue weighted by Gasteiger charge is -2.12. The minimum atomic E-state index is -3.81. The fourth-order valence-corrected chi connectivity index (χ4v) is 5.18. The number of pyridine rings is 1. The number of hydrogen-bond acceptors (Lipinski definition) is 8. The van der Waals surface area contributed by atoms with E-state index in [4.69, 9.17) is 4.52 Å². The first-order valence-corrected chi connectivity index (χ1v) is 14.4. The van der Waals surface area contributed by atoms with Crippen molar-refractivity contribution in [2.75, 3.05) is 17.8 Å². The first-order chi connectivity index (χ1) is 19.9.